The molecule has 0 aliphatic heterocycles. The molecule has 142 valence electrons. The van der Waals surface area contributed by atoms with Crippen molar-refractivity contribution in [1.29, 1.82) is 5.41 Å². The summed E-state index contributed by atoms with van der Waals surface area (Å²) in [6.45, 7) is 2.82. The summed E-state index contributed by atoms with van der Waals surface area (Å²) in [4.78, 5) is 6.53. The van der Waals surface area contributed by atoms with Crippen LogP contribution in [-0.2, 0) is 6.54 Å². The molecule has 2 aromatic carbocycles. The second-order valence-electron chi connectivity index (χ2n) is 6.73. The average molecular weight is 370 g/mol. The second kappa shape index (κ2) is 9.00. The van der Waals surface area contributed by atoms with Crippen LogP contribution in [0.3, 0.4) is 0 Å². The van der Waals surface area contributed by atoms with Gasteiger partial charge in [-0.1, -0.05) is 42.5 Å². The van der Waals surface area contributed by atoms with E-state index in [9.17, 15) is 0 Å². The zero-order chi connectivity index (χ0) is 19.9. The summed E-state index contributed by atoms with van der Waals surface area (Å²) >= 11 is 0. The standard InChI is InChI=1S/C24H26N4/c1-4-5-19-12-23(16-27-15-19)28(3)17-18-6-8-20(9-7-18)21-10-11-24(26-2)22(13-21)14-25/h4-16,25-26H,17H2,1-3H3/b5-4+,25-14?. The lowest BCUT2D eigenvalue weighted by atomic mass is 10.0. The van der Waals surface area contributed by atoms with Crippen molar-refractivity contribution in [3.05, 3.63) is 83.7 Å². The van der Waals surface area contributed by atoms with E-state index in [0.29, 0.717) is 0 Å². The zero-order valence-corrected chi connectivity index (χ0v) is 16.6. The van der Waals surface area contributed by atoms with Crippen molar-refractivity contribution < 1.29 is 0 Å². The average Bonchev–Trinajstić information content (AvgIpc) is 2.74. The predicted molar refractivity (Wildman–Crippen MR) is 120 cm³/mol. The normalized spacial score (nSPS) is 10.8. The number of allylic oxidation sites excluding steroid dienone is 1. The summed E-state index contributed by atoms with van der Waals surface area (Å²) in [5.41, 5.74) is 7.55. The van der Waals surface area contributed by atoms with Crippen LogP contribution in [0.5, 0.6) is 0 Å². The van der Waals surface area contributed by atoms with Gasteiger partial charge in [-0.2, -0.15) is 0 Å². The predicted octanol–water partition coefficient (Wildman–Crippen LogP) is 5.46. The van der Waals surface area contributed by atoms with E-state index >= 15 is 0 Å². The number of rotatable bonds is 7. The highest BCUT2D eigenvalue weighted by Gasteiger charge is 2.06. The van der Waals surface area contributed by atoms with E-state index in [1.54, 1.807) is 0 Å². The molecule has 4 nitrogen and oxygen atoms in total. The fraction of sp³-hybridized carbons (Fsp3) is 0.167. The molecule has 0 aliphatic rings. The van der Waals surface area contributed by atoms with Crippen molar-refractivity contribution >= 4 is 23.7 Å². The molecule has 2 N–H and O–H groups in total. The number of aromatic nitrogens is 1. The van der Waals surface area contributed by atoms with E-state index < -0.39 is 0 Å². The van der Waals surface area contributed by atoms with E-state index in [1.165, 1.54) is 11.8 Å². The minimum atomic E-state index is 0.811. The molecule has 0 amide bonds. The molecular formula is C24H26N4. The first kappa shape index (κ1) is 19.4. The molecule has 4 heteroatoms. The first-order valence-electron chi connectivity index (χ1n) is 9.35. The number of nitrogens with zero attached hydrogens (tertiary/aromatic N) is 2. The minimum Gasteiger partial charge on any atom is -0.388 e. The Kier molecular flexibility index (Phi) is 6.22. The quantitative estimate of drug-likeness (QED) is 0.543. The van der Waals surface area contributed by atoms with Crippen LogP contribution in [-0.4, -0.2) is 25.3 Å². The Morgan fingerprint density at radius 3 is 2.46 bits per heavy atom. The molecule has 0 bridgehead atoms. The molecule has 3 rings (SSSR count). The highest BCUT2D eigenvalue weighted by Crippen LogP contribution is 2.25. The highest BCUT2D eigenvalue weighted by molar-refractivity contribution is 5.88. The molecule has 0 fully saturated rings. The third kappa shape index (κ3) is 4.46. The van der Waals surface area contributed by atoms with E-state index in [1.807, 2.05) is 44.6 Å². The van der Waals surface area contributed by atoms with Crippen LogP contribution in [0.2, 0.25) is 0 Å². The lowest BCUT2D eigenvalue weighted by molar-refractivity contribution is 0.918. The molecule has 1 aromatic heterocycles. The summed E-state index contributed by atoms with van der Waals surface area (Å²) in [6, 6.07) is 16.9. The van der Waals surface area contributed by atoms with Gasteiger partial charge in [0.15, 0.2) is 0 Å². The number of anilines is 2. The summed E-state index contributed by atoms with van der Waals surface area (Å²) in [7, 11) is 3.95. The van der Waals surface area contributed by atoms with Crippen LogP contribution in [0, 0.1) is 5.41 Å². The minimum absolute atomic E-state index is 0.811. The van der Waals surface area contributed by atoms with Crippen LogP contribution in [0.1, 0.15) is 23.6 Å². The van der Waals surface area contributed by atoms with Crippen LogP contribution < -0.4 is 10.2 Å². The second-order valence-corrected chi connectivity index (χ2v) is 6.73. The van der Waals surface area contributed by atoms with Crippen LogP contribution in [0.25, 0.3) is 17.2 Å². The monoisotopic (exact) mass is 370 g/mol. The van der Waals surface area contributed by atoms with Gasteiger partial charge in [0, 0.05) is 44.3 Å². The maximum absolute atomic E-state index is 7.60. The fourth-order valence-corrected chi connectivity index (χ4v) is 3.19. The summed E-state index contributed by atoms with van der Waals surface area (Å²) < 4.78 is 0. The van der Waals surface area contributed by atoms with Crippen LogP contribution in [0.15, 0.2) is 67.0 Å². The van der Waals surface area contributed by atoms with Crippen molar-refractivity contribution in [2.24, 2.45) is 0 Å². The smallest absolute Gasteiger partial charge is 0.0559 e. The number of hydrogen-bond donors (Lipinski definition) is 2. The maximum Gasteiger partial charge on any atom is 0.0559 e. The Morgan fingerprint density at radius 1 is 1.04 bits per heavy atom. The van der Waals surface area contributed by atoms with Gasteiger partial charge in [0.25, 0.3) is 0 Å². The topological polar surface area (TPSA) is 52.0 Å². The largest absolute Gasteiger partial charge is 0.388 e. The van der Waals surface area contributed by atoms with Crippen molar-refractivity contribution in [2.75, 3.05) is 24.3 Å². The van der Waals surface area contributed by atoms with E-state index in [4.69, 9.17) is 5.41 Å². The zero-order valence-electron chi connectivity index (χ0n) is 16.6. The maximum atomic E-state index is 7.60. The van der Waals surface area contributed by atoms with Crippen molar-refractivity contribution in [1.82, 2.24) is 4.98 Å². The van der Waals surface area contributed by atoms with Crippen molar-refractivity contribution in [3.63, 3.8) is 0 Å². The first-order valence-corrected chi connectivity index (χ1v) is 9.35. The van der Waals surface area contributed by atoms with Gasteiger partial charge < -0.3 is 15.6 Å². The lowest BCUT2D eigenvalue weighted by Crippen LogP contribution is -2.16. The Labute approximate surface area is 167 Å². The molecule has 0 saturated carbocycles. The van der Waals surface area contributed by atoms with Gasteiger partial charge in [-0.25, -0.2) is 0 Å². The number of nitrogens with one attached hydrogen (secondary N) is 2. The number of benzene rings is 2. The van der Waals surface area contributed by atoms with Gasteiger partial charge in [-0.3, -0.25) is 4.98 Å². The SMILES string of the molecule is C/C=C/c1cncc(N(C)Cc2ccc(-c3ccc(NC)c(C=N)c3)cc2)c1. The Bertz CT molecular complexity index is 974. The third-order valence-electron chi connectivity index (χ3n) is 4.73. The van der Waals surface area contributed by atoms with Gasteiger partial charge in [-0.05, 0) is 47.4 Å². The molecule has 28 heavy (non-hydrogen) atoms. The molecule has 0 spiro atoms. The Balaban J connectivity index is 1.76. The Morgan fingerprint density at radius 2 is 1.79 bits per heavy atom. The molecule has 1 heterocycles. The van der Waals surface area contributed by atoms with Gasteiger partial charge in [0.05, 0.1) is 11.9 Å². The molecular weight excluding hydrogens is 344 g/mol. The highest BCUT2D eigenvalue weighted by atomic mass is 15.1. The van der Waals surface area contributed by atoms with E-state index in [2.05, 4.69) is 64.7 Å². The number of hydrogen-bond acceptors (Lipinski definition) is 4. The molecule has 0 unspecified atom stereocenters. The third-order valence-corrected chi connectivity index (χ3v) is 4.73. The molecule has 0 aliphatic carbocycles. The first-order chi connectivity index (χ1) is 13.6. The fourth-order valence-electron chi connectivity index (χ4n) is 3.19. The van der Waals surface area contributed by atoms with Gasteiger partial charge in [-0.15, -0.1) is 0 Å². The molecule has 0 atom stereocenters. The summed E-state index contributed by atoms with van der Waals surface area (Å²) in [6.07, 6.45) is 9.22. The van der Waals surface area contributed by atoms with Gasteiger partial charge >= 0.3 is 0 Å². The van der Waals surface area contributed by atoms with E-state index in [0.717, 1.165) is 40.2 Å². The van der Waals surface area contributed by atoms with Gasteiger partial charge in [0.1, 0.15) is 0 Å². The molecule has 3 aromatic rings. The summed E-state index contributed by atoms with van der Waals surface area (Å²) in [5, 5.41) is 10.7. The molecule has 0 radical (unpaired) electrons. The van der Waals surface area contributed by atoms with Crippen molar-refractivity contribution in [3.8, 4) is 11.1 Å². The number of pyridine rings is 1. The van der Waals surface area contributed by atoms with Crippen LogP contribution >= 0.6 is 0 Å². The van der Waals surface area contributed by atoms with Crippen LogP contribution in [0.4, 0.5) is 11.4 Å². The summed E-state index contributed by atoms with van der Waals surface area (Å²) in [5.74, 6) is 0. The Hall–Kier alpha value is -3.40. The van der Waals surface area contributed by atoms with E-state index in [-0.39, 0.29) is 0 Å². The molecule has 0 saturated heterocycles. The lowest BCUT2D eigenvalue weighted by Gasteiger charge is -2.19. The van der Waals surface area contributed by atoms with Gasteiger partial charge in [0.2, 0.25) is 0 Å². The van der Waals surface area contributed by atoms with Crippen molar-refractivity contribution in [2.45, 2.75) is 13.5 Å².